The van der Waals surface area contributed by atoms with Crippen LogP contribution in [-0.2, 0) is 9.53 Å². The van der Waals surface area contributed by atoms with Gasteiger partial charge in [-0.2, -0.15) is 0 Å². The van der Waals surface area contributed by atoms with Crippen LogP contribution in [0, 0.1) is 0 Å². The normalized spacial score (nSPS) is 22.1. The molecule has 0 spiro atoms. The molecular formula is C11H9BrO3. The second kappa shape index (κ2) is 4.16. The number of carbonyl (C=O) groups excluding carboxylic acids is 1. The van der Waals surface area contributed by atoms with Crippen LogP contribution in [0.1, 0.15) is 11.7 Å². The van der Waals surface area contributed by atoms with E-state index in [0.29, 0.717) is 5.56 Å². The molecule has 1 aromatic rings. The maximum atomic E-state index is 11.1. The average molecular weight is 269 g/mol. The molecule has 0 fully saturated rings. The van der Waals surface area contributed by atoms with Crippen LogP contribution in [0.4, 0.5) is 0 Å². The van der Waals surface area contributed by atoms with Crippen LogP contribution in [-0.4, -0.2) is 15.9 Å². The maximum absolute atomic E-state index is 11.1. The summed E-state index contributed by atoms with van der Waals surface area (Å²) in [6, 6.07) is 9.06. The van der Waals surface area contributed by atoms with Gasteiger partial charge in [-0.15, -0.1) is 0 Å². The van der Waals surface area contributed by atoms with Gasteiger partial charge in [-0.25, -0.2) is 0 Å². The fraction of sp³-hybridized carbons (Fsp3) is 0.182. The lowest BCUT2D eigenvalue weighted by atomic mass is 10.1. The Morgan fingerprint density at radius 3 is 2.53 bits per heavy atom. The van der Waals surface area contributed by atoms with Crippen molar-refractivity contribution in [1.82, 2.24) is 0 Å². The number of aliphatic hydroxyl groups excluding tert-OH is 1. The first-order valence-electron chi connectivity index (χ1n) is 4.49. The number of esters is 1. The molecule has 78 valence electrons. The fourth-order valence-corrected chi connectivity index (χ4v) is 1.72. The summed E-state index contributed by atoms with van der Waals surface area (Å²) in [6.45, 7) is 0. The third kappa shape index (κ3) is 2.11. The molecule has 2 rings (SSSR count). The van der Waals surface area contributed by atoms with Gasteiger partial charge in [0.1, 0.15) is 16.7 Å². The van der Waals surface area contributed by atoms with E-state index >= 15 is 0 Å². The SMILES string of the molecule is O=C1OC([C@H](O)c2ccccc2)=CC1Br. The number of hydrogen-bond acceptors (Lipinski definition) is 3. The highest BCUT2D eigenvalue weighted by Gasteiger charge is 2.29. The predicted molar refractivity (Wildman–Crippen MR) is 58.3 cm³/mol. The molecule has 1 aliphatic rings. The molecule has 1 unspecified atom stereocenters. The highest BCUT2D eigenvalue weighted by molar-refractivity contribution is 9.10. The quantitative estimate of drug-likeness (QED) is 0.659. The van der Waals surface area contributed by atoms with Gasteiger partial charge in [0.25, 0.3) is 0 Å². The van der Waals surface area contributed by atoms with E-state index < -0.39 is 10.9 Å². The van der Waals surface area contributed by atoms with Crippen LogP contribution >= 0.6 is 15.9 Å². The van der Waals surface area contributed by atoms with Gasteiger partial charge >= 0.3 is 5.97 Å². The van der Waals surface area contributed by atoms with Crippen molar-refractivity contribution in [2.45, 2.75) is 10.9 Å². The highest BCUT2D eigenvalue weighted by Crippen LogP contribution is 2.29. The Morgan fingerprint density at radius 2 is 2.00 bits per heavy atom. The summed E-state index contributed by atoms with van der Waals surface area (Å²) in [5.74, 6) is -0.104. The minimum absolute atomic E-state index is 0.285. The van der Waals surface area contributed by atoms with Crippen molar-refractivity contribution in [2.24, 2.45) is 0 Å². The number of rotatable bonds is 2. The van der Waals surface area contributed by atoms with Crippen molar-refractivity contribution in [1.29, 1.82) is 0 Å². The van der Waals surface area contributed by atoms with Crippen LogP contribution in [0.15, 0.2) is 42.2 Å². The molecule has 0 radical (unpaired) electrons. The number of halogens is 1. The lowest BCUT2D eigenvalue weighted by Gasteiger charge is -2.10. The zero-order valence-electron chi connectivity index (χ0n) is 7.76. The first-order valence-corrected chi connectivity index (χ1v) is 5.40. The van der Waals surface area contributed by atoms with Crippen molar-refractivity contribution in [2.75, 3.05) is 0 Å². The first kappa shape index (κ1) is 10.4. The Kier molecular flexibility index (Phi) is 2.88. The molecule has 0 amide bonds. The second-order valence-electron chi connectivity index (χ2n) is 3.21. The van der Waals surface area contributed by atoms with Gasteiger partial charge < -0.3 is 9.84 Å². The minimum atomic E-state index is -0.877. The Bertz CT molecular complexity index is 400. The Morgan fingerprint density at radius 1 is 1.33 bits per heavy atom. The fourth-order valence-electron chi connectivity index (χ4n) is 1.37. The first-order chi connectivity index (χ1) is 7.18. The minimum Gasteiger partial charge on any atom is -0.427 e. The van der Waals surface area contributed by atoms with Crippen molar-refractivity contribution < 1.29 is 14.6 Å². The van der Waals surface area contributed by atoms with E-state index in [1.54, 1.807) is 18.2 Å². The van der Waals surface area contributed by atoms with Gasteiger partial charge in [0.2, 0.25) is 0 Å². The predicted octanol–water partition coefficient (Wildman–Crippen LogP) is 1.92. The topological polar surface area (TPSA) is 46.5 Å². The summed E-state index contributed by atoms with van der Waals surface area (Å²) < 4.78 is 4.92. The summed E-state index contributed by atoms with van der Waals surface area (Å²) in [6.07, 6.45) is 0.692. The van der Waals surface area contributed by atoms with Gasteiger partial charge in [-0.05, 0) is 11.6 Å². The van der Waals surface area contributed by atoms with E-state index in [4.69, 9.17) is 4.74 Å². The van der Waals surface area contributed by atoms with Gasteiger partial charge in [0, 0.05) is 0 Å². The smallest absolute Gasteiger partial charge is 0.328 e. The van der Waals surface area contributed by atoms with Gasteiger partial charge in [0.05, 0.1) is 0 Å². The molecule has 1 heterocycles. The molecule has 2 atom stereocenters. The zero-order valence-corrected chi connectivity index (χ0v) is 9.35. The van der Waals surface area contributed by atoms with E-state index in [1.807, 2.05) is 18.2 Å². The average Bonchev–Trinajstić information content (AvgIpc) is 2.59. The molecule has 0 aromatic heterocycles. The summed E-state index contributed by atoms with van der Waals surface area (Å²) >= 11 is 3.12. The molecule has 0 bridgehead atoms. The maximum Gasteiger partial charge on any atom is 0.328 e. The number of carbonyl (C=O) groups is 1. The Hall–Kier alpha value is -1.13. The van der Waals surface area contributed by atoms with Gasteiger partial charge in [-0.1, -0.05) is 46.3 Å². The van der Waals surface area contributed by atoms with Crippen LogP contribution in [0.3, 0.4) is 0 Å². The van der Waals surface area contributed by atoms with Crippen molar-refractivity contribution in [3.8, 4) is 0 Å². The molecule has 3 nitrogen and oxygen atoms in total. The molecule has 1 aliphatic heterocycles. The Balaban J connectivity index is 2.20. The number of ether oxygens (including phenoxy) is 1. The lowest BCUT2D eigenvalue weighted by molar-refractivity contribution is -0.137. The molecule has 0 saturated carbocycles. The van der Waals surface area contributed by atoms with Crippen LogP contribution < -0.4 is 0 Å². The monoisotopic (exact) mass is 268 g/mol. The van der Waals surface area contributed by atoms with Crippen LogP contribution in [0.5, 0.6) is 0 Å². The molecule has 0 aliphatic carbocycles. The van der Waals surface area contributed by atoms with E-state index in [9.17, 15) is 9.90 Å². The summed E-state index contributed by atoms with van der Waals surface area (Å²) in [4.78, 5) is 10.6. The summed E-state index contributed by atoms with van der Waals surface area (Å²) in [5, 5.41) is 9.89. The number of benzene rings is 1. The van der Waals surface area contributed by atoms with Crippen molar-refractivity contribution >= 4 is 21.9 Å². The molecular weight excluding hydrogens is 260 g/mol. The van der Waals surface area contributed by atoms with E-state index in [0.717, 1.165) is 0 Å². The third-order valence-electron chi connectivity index (χ3n) is 2.14. The van der Waals surface area contributed by atoms with Gasteiger partial charge in [-0.3, -0.25) is 4.79 Å². The lowest BCUT2D eigenvalue weighted by Crippen LogP contribution is -2.07. The number of alkyl halides is 1. The number of aliphatic hydroxyl groups is 1. The van der Waals surface area contributed by atoms with Crippen molar-refractivity contribution in [3.05, 3.63) is 47.7 Å². The van der Waals surface area contributed by atoms with Gasteiger partial charge in [0.15, 0.2) is 0 Å². The molecule has 4 heteroatoms. The molecule has 1 aromatic carbocycles. The number of hydrogen-bond donors (Lipinski definition) is 1. The van der Waals surface area contributed by atoms with E-state index in [2.05, 4.69) is 15.9 Å². The molecule has 15 heavy (non-hydrogen) atoms. The standard InChI is InChI=1S/C11H9BrO3/c12-8-6-9(15-11(8)14)10(13)7-4-2-1-3-5-7/h1-6,8,10,13H/t8?,10-/m1/s1. The second-order valence-corrected chi connectivity index (χ2v) is 4.19. The molecule has 0 saturated heterocycles. The Labute approximate surface area is 95.5 Å². The largest absolute Gasteiger partial charge is 0.427 e. The highest BCUT2D eigenvalue weighted by atomic mass is 79.9. The van der Waals surface area contributed by atoms with E-state index in [-0.39, 0.29) is 11.7 Å². The van der Waals surface area contributed by atoms with E-state index in [1.165, 1.54) is 0 Å². The van der Waals surface area contributed by atoms with Crippen molar-refractivity contribution in [3.63, 3.8) is 0 Å². The van der Waals surface area contributed by atoms with Crippen LogP contribution in [0.25, 0.3) is 0 Å². The van der Waals surface area contributed by atoms with Crippen LogP contribution in [0.2, 0.25) is 0 Å². The zero-order chi connectivity index (χ0) is 10.8. The summed E-state index contributed by atoms with van der Waals surface area (Å²) in [7, 11) is 0. The number of cyclic esters (lactones) is 1. The summed E-state index contributed by atoms with van der Waals surface area (Å²) in [5.41, 5.74) is 0.707. The third-order valence-corrected chi connectivity index (χ3v) is 2.78. The molecule has 1 N–H and O–H groups in total.